The molecule has 1 aliphatic carbocycles. The van der Waals surface area contributed by atoms with E-state index in [1.54, 1.807) is 0 Å². The van der Waals surface area contributed by atoms with Crippen LogP contribution in [0.4, 0.5) is 0 Å². The molecule has 0 saturated heterocycles. The Morgan fingerprint density at radius 2 is 1.82 bits per heavy atom. The van der Waals surface area contributed by atoms with E-state index in [1.807, 2.05) is 0 Å². The molecular weight excluding hydrogens is 268 g/mol. The summed E-state index contributed by atoms with van der Waals surface area (Å²) in [5, 5.41) is 0. The molecule has 1 aliphatic rings. The fraction of sp³-hybridized carbons (Fsp3) is 0.571. The van der Waals surface area contributed by atoms with Crippen LogP contribution in [0.1, 0.15) is 69.4 Å². The molecule has 1 nitrogen and oxygen atoms in total. The average molecular weight is 298 g/mol. The van der Waals surface area contributed by atoms with E-state index in [4.69, 9.17) is 0 Å². The topological polar surface area (TPSA) is 17.1 Å². The van der Waals surface area contributed by atoms with E-state index in [2.05, 4.69) is 44.7 Å². The molecule has 22 heavy (non-hydrogen) atoms. The number of carbonyl (C=O) groups excluding carboxylic acids is 1. The van der Waals surface area contributed by atoms with Gasteiger partial charge in [-0.2, -0.15) is 0 Å². The van der Waals surface area contributed by atoms with Gasteiger partial charge in [-0.1, -0.05) is 75.4 Å². The van der Waals surface area contributed by atoms with Crippen LogP contribution in [0.2, 0.25) is 0 Å². The van der Waals surface area contributed by atoms with E-state index >= 15 is 0 Å². The number of Topliss-reactive ketones (excluding diaryl/α,β-unsaturated/α-hetero) is 1. The van der Waals surface area contributed by atoms with E-state index in [0.717, 1.165) is 24.0 Å². The van der Waals surface area contributed by atoms with Gasteiger partial charge in [0.05, 0.1) is 0 Å². The van der Waals surface area contributed by atoms with Gasteiger partial charge in [0, 0.05) is 12.3 Å². The number of allylic oxidation sites excluding steroid dienone is 1. The summed E-state index contributed by atoms with van der Waals surface area (Å²) in [4.78, 5) is 12.3. The molecule has 1 fully saturated rings. The zero-order chi connectivity index (χ0) is 15.9. The van der Waals surface area contributed by atoms with Crippen LogP contribution in [-0.2, 0) is 4.79 Å². The number of rotatable bonds is 8. The molecule has 0 aromatic heterocycles. The number of ketones is 1. The molecular formula is C21H30O. The number of unbranched alkanes of at least 4 members (excludes halogenated alkanes) is 4. The van der Waals surface area contributed by atoms with Crippen molar-refractivity contribution in [3.05, 3.63) is 42.0 Å². The van der Waals surface area contributed by atoms with Crippen molar-refractivity contribution < 1.29 is 4.79 Å². The normalized spacial score (nSPS) is 21.3. The monoisotopic (exact) mass is 298 g/mol. The minimum absolute atomic E-state index is 0.0638. The third kappa shape index (κ3) is 4.32. The zero-order valence-corrected chi connectivity index (χ0v) is 14.2. The number of hydrogen-bond donors (Lipinski definition) is 0. The molecule has 1 aromatic rings. The molecule has 2 rings (SSSR count). The Labute approximate surface area is 135 Å². The minimum Gasteiger partial charge on any atom is -0.299 e. The SMILES string of the molecule is C=C(c1ccc(C)cc1)[C@H]1C(=O)CC[C@H]1CCCCCCC. The number of carbonyl (C=O) groups is 1. The standard InChI is InChI=1S/C21H30O/c1-4-5-6-7-8-9-19-14-15-20(22)21(19)17(3)18-12-10-16(2)11-13-18/h10-13,19,21H,3-9,14-15H2,1-2H3/t19-,21-/m1/s1. The Bertz CT molecular complexity index is 497. The molecule has 0 spiro atoms. The summed E-state index contributed by atoms with van der Waals surface area (Å²) in [6.07, 6.45) is 9.51. The Kier molecular flexibility index (Phi) is 6.42. The van der Waals surface area contributed by atoms with Gasteiger partial charge in [0.2, 0.25) is 0 Å². The highest BCUT2D eigenvalue weighted by Gasteiger charge is 2.36. The molecule has 0 amide bonds. The van der Waals surface area contributed by atoms with E-state index in [-0.39, 0.29) is 5.92 Å². The Morgan fingerprint density at radius 1 is 1.14 bits per heavy atom. The second-order valence-corrected chi connectivity index (χ2v) is 6.84. The van der Waals surface area contributed by atoms with Gasteiger partial charge in [-0.3, -0.25) is 4.79 Å². The smallest absolute Gasteiger partial charge is 0.140 e. The number of aryl methyl sites for hydroxylation is 1. The zero-order valence-electron chi connectivity index (χ0n) is 14.2. The molecule has 0 heterocycles. The van der Waals surface area contributed by atoms with Crippen LogP contribution in [0, 0.1) is 18.8 Å². The Balaban J connectivity index is 1.95. The average Bonchev–Trinajstić information content (AvgIpc) is 2.88. The molecule has 1 aromatic carbocycles. The highest BCUT2D eigenvalue weighted by Crippen LogP contribution is 2.40. The fourth-order valence-electron chi connectivity index (χ4n) is 3.66. The summed E-state index contributed by atoms with van der Waals surface area (Å²) in [5.74, 6) is 0.987. The lowest BCUT2D eigenvalue weighted by Crippen LogP contribution is -2.16. The maximum Gasteiger partial charge on any atom is 0.140 e. The van der Waals surface area contributed by atoms with Crippen LogP contribution < -0.4 is 0 Å². The summed E-state index contributed by atoms with van der Waals surface area (Å²) >= 11 is 0. The fourth-order valence-corrected chi connectivity index (χ4v) is 3.66. The van der Waals surface area contributed by atoms with Crippen LogP contribution in [0.5, 0.6) is 0 Å². The van der Waals surface area contributed by atoms with Crippen molar-refractivity contribution in [2.75, 3.05) is 0 Å². The van der Waals surface area contributed by atoms with Gasteiger partial charge in [0.25, 0.3) is 0 Å². The first-order chi connectivity index (χ1) is 10.6. The molecule has 2 atom stereocenters. The van der Waals surface area contributed by atoms with E-state index < -0.39 is 0 Å². The van der Waals surface area contributed by atoms with Gasteiger partial charge in [-0.25, -0.2) is 0 Å². The van der Waals surface area contributed by atoms with Crippen LogP contribution in [0.15, 0.2) is 30.8 Å². The molecule has 1 heteroatoms. The molecule has 0 unspecified atom stereocenters. The molecule has 0 radical (unpaired) electrons. The van der Waals surface area contributed by atoms with Crippen molar-refractivity contribution in [3.8, 4) is 0 Å². The van der Waals surface area contributed by atoms with Gasteiger partial charge >= 0.3 is 0 Å². The van der Waals surface area contributed by atoms with Gasteiger partial charge in [0.15, 0.2) is 0 Å². The van der Waals surface area contributed by atoms with Crippen LogP contribution >= 0.6 is 0 Å². The third-order valence-corrected chi connectivity index (χ3v) is 5.06. The molecule has 0 aliphatic heterocycles. The number of hydrogen-bond acceptors (Lipinski definition) is 1. The van der Waals surface area contributed by atoms with Crippen molar-refractivity contribution in [2.24, 2.45) is 11.8 Å². The first kappa shape index (κ1) is 17.0. The summed E-state index contributed by atoms with van der Waals surface area (Å²) in [6, 6.07) is 8.45. The van der Waals surface area contributed by atoms with Crippen LogP contribution in [0.25, 0.3) is 5.57 Å². The summed E-state index contributed by atoms with van der Waals surface area (Å²) in [5.41, 5.74) is 3.43. The van der Waals surface area contributed by atoms with E-state index in [9.17, 15) is 4.79 Å². The highest BCUT2D eigenvalue weighted by molar-refractivity contribution is 5.94. The molecule has 1 saturated carbocycles. The summed E-state index contributed by atoms with van der Waals surface area (Å²) in [7, 11) is 0. The first-order valence-electron chi connectivity index (χ1n) is 8.92. The van der Waals surface area contributed by atoms with Gasteiger partial charge < -0.3 is 0 Å². The van der Waals surface area contributed by atoms with E-state index in [0.29, 0.717) is 11.7 Å². The van der Waals surface area contributed by atoms with Crippen molar-refractivity contribution in [1.29, 1.82) is 0 Å². The van der Waals surface area contributed by atoms with Crippen LogP contribution in [-0.4, -0.2) is 5.78 Å². The predicted molar refractivity (Wildman–Crippen MR) is 94.8 cm³/mol. The van der Waals surface area contributed by atoms with Crippen molar-refractivity contribution in [2.45, 2.75) is 65.2 Å². The number of benzene rings is 1. The third-order valence-electron chi connectivity index (χ3n) is 5.06. The quantitative estimate of drug-likeness (QED) is 0.541. The second kappa shape index (κ2) is 8.31. The molecule has 0 bridgehead atoms. The van der Waals surface area contributed by atoms with Crippen molar-refractivity contribution in [1.82, 2.24) is 0 Å². The van der Waals surface area contributed by atoms with Crippen LogP contribution in [0.3, 0.4) is 0 Å². The maximum atomic E-state index is 12.3. The highest BCUT2D eigenvalue weighted by atomic mass is 16.1. The Hall–Kier alpha value is -1.37. The predicted octanol–water partition coefficient (Wildman–Crippen LogP) is 5.96. The Morgan fingerprint density at radius 3 is 2.50 bits per heavy atom. The minimum atomic E-state index is 0.0638. The molecule has 0 N–H and O–H groups in total. The van der Waals surface area contributed by atoms with Gasteiger partial charge in [0.1, 0.15) is 5.78 Å². The maximum absolute atomic E-state index is 12.3. The van der Waals surface area contributed by atoms with Crippen molar-refractivity contribution >= 4 is 11.4 Å². The lowest BCUT2D eigenvalue weighted by molar-refractivity contribution is -0.119. The first-order valence-corrected chi connectivity index (χ1v) is 8.92. The second-order valence-electron chi connectivity index (χ2n) is 6.84. The largest absolute Gasteiger partial charge is 0.299 e. The van der Waals surface area contributed by atoms with Gasteiger partial charge in [-0.05, 0) is 36.8 Å². The summed E-state index contributed by atoms with van der Waals surface area (Å²) in [6.45, 7) is 8.61. The van der Waals surface area contributed by atoms with Gasteiger partial charge in [-0.15, -0.1) is 0 Å². The lowest BCUT2D eigenvalue weighted by Gasteiger charge is -2.21. The summed E-state index contributed by atoms with van der Waals surface area (Å²) < 4.78 is 0. The van der Waals surface area contributed by atoms with E-state index in [1.165, 1.54) is 44.1 Å². The molecule has 120 valence electrons. The lowest BCUT2D eigenvalue weighted by atomic mass is 9.82. The van der Waals surface area contributed by atoms with Crippen molar-refractivity contribution in [3.63, 3.8) is 0 Å².